The number of rotatable bonds is 3. The van der Waals surface area contributed by atoms with E-state index >= 15 is 0 Å². The second-order valence-corrected chi connectivity index (χ2v) is 5.10. The predicted molar refractivity (Wildman–Crippen MR) is 72.8 cm³/mol. The van der Waals surface area contributed by atoms with Crippen LogP contribution in [0.1, 0.15) is 28.9 Å². The van der Waals surface area contributed by atoms with E-state index in [1.165, 1.54) is 12.1 Å². The molecule has 2 aromatic rings. The fraction of sp³-hybridized carbons (Fsp3) is 0.333. The normalized spacial score (nSPS) is 18.4. The van der Waals surface area contributed by atoms with E-state index in [0.29, 0.717) is 12.1 Å². The van der Waals surface area contributed by atoms with Crippen molar-refractivity contribution in [2.75, 3.05) is 6.54 Å². The van der Waals surface area contributed by atoms with Crippen molar-refractivity contribution in [3.63, 3.8) is 0 Å². The molecular formula is C15H16FN3O. The zero-order chi connectivity index (χ0) is 13.9. The zero-order valence-electron chi connectivity index (χ0n) is 11.1. The molecule has 1 aromatic heterocycles. The summed E-state index contributed by atoms with van der Waals surface area (Å²) in [6.07, 6.45) is 4.21. The van der Waals surface area contributed by atoms with E-state index in [9.17, 15) is 9.18 Å². The molecule has 1 fully saturated rings. The molecule has 104 valence electrons. The standard InChI is InChI=1S/C15H16FN3O/c16-12-4-1-3-11(9-12)10-13-5-2-8-19(13)15(20)14-6-7-17-18-14/h1,3-4,6-7,9,13H,2,5,8,10H2,(H,17,18)/t13-/m1/s1. The lowest BCUT2D eigenvalue weighted by Crippen LogP contribution is -2.37. The van der Waals surface area contributed by atoms with Crippen LogP contribution in [0.3, 0.4) is 0 Å². The van der Waals surface area contributed by atoms with Crippen LogP contribution in [0.25, 0.3) is 0 Å². The third-order valence-corrected chi connectivity index (χ3v) is 3.73. The molecule has 2 heterocycles. The van der Waals surface area contributed by atoms with Crippen LogP contribution in [0.4, 0.5) is 4.39 Å². The summed E-state index contributed by atoms with van der Waals surface area (Å²) < 4.78 is 13.2. The molecule has 1 atom stereocenters. The third kappa shape index (κ3) is 2.57. The van der Waals surface area contributed by atoms with Gasteiger partial charge in [-0.05, 0) is 43.0 Å². The monoisotopic (exact) mass is 273 g/mol. The number of nitrogens with zero attached hydrogens (tertiary/aromatic N) is 2. The first-order valence-electron chi connectivity index (χ1n) is 6.79. The number of hydrogen-bond acceptors (Lipinski definition) is 2. The van der Waals surface area contributed by atoms with E-state index in [-0.39, 0.29) is 17.8 Å². The van der Waals surface area contributed by atoms with Crippen LogP contribution in [0.2, 0.25) is 0 Å². The smallest absolute Gasteiger partial charge is 0.272 e. The SMILES string of the molecule is O=C(c1ccn[nH]1)N1CCC[C@@H]1Cc1cccc(F)c1. The Labute approximate surface area is 116 Å². The number of carbonyl (C=O) groups excluding carboxylic acids is 1. The molecule has 4 nitrogen and oxygen atoms in total. The molecule has 1 aliphatic rings. The van der Waals surface area contributed by atoms with Gasteiger partial charge < -0.3 is 4.90 Å². The van der Waals surface area contributed by atoms with Crippen LogP contribution in [-0.4, -0.2) is 33.6 Å². The minimum Gasteiger partial charge on any atom is -0.334 e. The average Bonchev–Trinajstić information content (AvgIpc) is 3.09. The molecule has 20 heavy (non-hydrogen) atoms. The van der Waals surface area contributed by atoms with E-state index in [1.54, 1.807) is 18.3 Å². The lowest BCUT2D eigenvalue weighted by molar-refractivity contribution is 0.0730. The lowest BCUT2D eigenvalue weighted by atomic mass is 10.0. The number of aromatic amines is 1. The first kappa shape index (κ1) is 12.8. The van der Waals surface area contributed by atoms with Gasteiger partial charge in [-0.3, -0.25) is 9.89 Å². The zero-order valence-corrected chi connectivity index (χ0v) is 11.1. The first-order valence-corrected chi connectivity index (χ1v) is 6.79. The molecule has 1 aliphatic heterocycles. The van der Waals surface area contributed by atoms with E-state index < -0.39 is 0 Å². The largest absolute Gasteiger partial charge is 0.334 e. The Morgan fingerprint density at radius 3 is 3.10 bits per heavy atom. The molecule has 0 spiro atoms. The summed E-state index contributed by atoms with van der Waals surface area (Å²) >= 11 is 0. The van der Waals surface area contributed by atoms with Gasteiger partial charge in [0.25, 0.3) is 5.91 Å². The Kier molecular flexibility index (Phi) is 3.50. The second kappa shape index (κ2) is 5.45. The number of benzene rings is 1. The van der Waals surface area contributed by atoms with Crippen molar-refractivity contribution in [3.05, 3.63) is 53.6 Å². The minimum atomic E-state index is -0.230. The third-order valence-electron chi connectivity index (χ3n) is 3.73. The van der Waals surface area contributed by atoms with Crippen molar-refractivity contribution in [3.8, 4) is 0 Å². The molecule has 0 unspecified atom stereocenters. The van der Waals surface area contributed by atoms with E-state index in [0.717, 1.165) is 24.9 Å². The molecule has 1 N–H and O–H groups in total. The molecule has 0 bridgehead atoms. The number of carbonyl (C=O) groups is 1. The van der Waals surface area contributed by atoms with Crippen molar-refractivity contribution < 1.29 is 9.18 Å². The number of amides is 1. The summed E-state index contributed by atoms with van der Waals surface area (Å²) in [6, 6.07) is 8.40. The fourth-order valence-electron chi connectivity index (χ4n) is 2.78. The van der Waals surface area contributed by atoms with Gasteiger partial charge >= 0.3 is 0 Å². The topological polar surface area (TPSA) is 49.0 Å². The highest BCUT2D eigenvalue weighted by molar-refractivity contribution is 5.92. The summed E-state index contributed by atoms with van der Waals surface area (Å²) in [5.41, 5.74) is 1.44. The Morgan fingerprint density at radius 1 is 1.45 bits per heavy atom. The maximum Gasteiger partial charge on any atom is 0.272 e. The highest BCUT2D eigenvalue weighted by atomic mass is 19.1. The van der Waals surface area contributed by atoms with Crippen molar-refractivity contribution in [2.45, 2.75) is 25.3 Å². The average molecular weight is 273 g/mol. The number of H-pyrrole nitrogens is 1. The van der Waals surface area contributed by atoms with E-state index in [2.05, 4.69) is 10.2 Å². The molecule has 1 amide bonds. The summed E-state index contributed by atoms with van der Waals surface area (Å²) in [4.78, 5) is 14.2. The Balaban J connectivity index is 1.74. The Hall–Kier alpha value is -2.17. The van der Waals surface area contributed by atoms with Gasteiger partial charge in [0.15, 0.2) is 0 Å². The molecule has 0 aliphatic carbocycles. The summed E-state index contributed by atoms with van der Waals surface area (Å²) in [6.45, 7) is 0.748. The number of aromatic nitrogens is 2. The molecule has 1 saturated heterocycles. The first-order chi connectivity index (χ1) is 9.74. The van der Waals surface area contributed by atoms with E-state index in [4.69, 9.17) is 0 Å². The maximum atomic E-state index is 13.2. The van der Waals surface area contributed by atoms with Crippen LogP contribution in [-0.2, 0) is 6.42 Å². The molecule has 5 heteroatoms. The molecule has 0 radical (unpaired) electrons. The molecule has 0 saturated carbocycles. The number of hydrogen-bond donors (Lipinski definition) is 1. The molecular weight excluding hydrogens is 257 g/mol. The quantitative estimate of drug-likeness (QED) is 0.933. The van der Waals surface area contributed by atoms with Crippen LogP contribution in [0.5, 0.6) is 0 Å². The van der Waals surface area contributed by atoms with Gasteiger partial charge in [0.1, 0.15) is 11.5 Å². The number of halogens is 1. The van der Waals surface area contributed by atoms with Gasteiger partial charge in [-0.2, -0.15) is 5.10 Å². The fourth-order valence-corrected chi connectivity index (χ4v) is 2.78. The van der Waals surface area contributed by atoms with Crippen LogP contribution >= 0.6 is 0 Å². The lowest BCUT2D eigenvalue weighted by Gasteiger charge is -2.24. The number of nitrogens with one attached hydrogen (secondary N) is 1. The minimum absolute atomic E-state index is 0.0265. The highest BCUT2D eigenvalue weighted by Crippen LogP contribution is 2.23. The van der Waals surface area contributed by atoms with Crippen molar-refractivity contribution in [1.29, 1.82) is 0 Å². The van der Waals surface area contributed by atoms with Crippen molar-refractivity contribution in [2.24, 2.45) is 0 Å². The van der Waals surface area contributed by atoms with E-state index in [1.807, 2.05) is 11.0 Å². The molecule has 1 aromatic carbocycles. The van der Waals surface area contributed by atoms with Gasteiger partial charge in [-0.1, -0.05) is 12.1 Å². The highest BCUT2D eigenvalue weighted by Gasteiger charge is 2.30. The van der Waals surface area contributed by atoms with Gasteiger partial charge in [0.05, 0.1) is 0 Å². The van der Waals surface area contributed by atoms with Gasteiger partial charge in [0.2, 0.25) is 0 Å². The van der Waals surface area contributed by atoms with Gasteiger partial charge in [0, 0.05) is 18.8 Å². The number of likely N-dealkylation sites (tertiary alicyclic amines) is 1. The van der Waals surface area contributed by atoms with Crippen LogP contribution in [0, 0.1) is 5.82 Å². The van der Waals surface area contributed by atoms with Crippen molar-refractivity contribution >= 4 is 5.91 Å². The predicted octanol–water partition coefficient (Wildman–Crippen LogP) is 2.40. The van der Waals surface area contributed by atoms with Gasteiger partial charge in [-0.25, -0.2) is 4.39 Å². The maximum absolute atomic E-state index is 13.2. The van der Waals surface area contributed by atoms with Crippen LogP contribution < -0.4 is 0 Å². The van der Waals surface area contributed by atoms with Crippen molar-refractivity contribution in [1.82, 2.24) is 15.1 Å². The second-order valence-electron chi connectivity index (χ2n) is 5.10. The Bertz CT molecular complexity index is 597. The summed E-state index contributed by atoms with van der Waals surface area (Å²) in [5, 5.41) is 6.52. The Morgan fingerprint density at radius 2 is 2.35 bits per heavy atom. The molecule has 3 rings (SSSR count). The summed E-state index contributed by atoms with van der Waals surface area (Å²) in [7, 11) is 0. The van der Waals surface area contributed by atoms with Crippen LogP contribution in [0.15, 0.2) is 36.5 Å². The summed E-state index contributed by atoms with van der Waals surface area (Å²) in [5.74, 6) is -0.256. The van der Waals surface area contributed by atoms with Gasteiger partial charge in [-0.15, -0.1) is 0 Å².